The zero-order chi connectivity index (χ0) is 14.6. The van der Waals surface area contributed by atoms with Crippen molar-refractivity contribution in [2.45, 2.75) is 12.5 Å². The average Bonchev–Trinajstić information content (AvgIpc) is 2.37. The summed E-state index contributed by atoms with van der Waals surface area (Å²) in [5.74, 6) is -2.01. The van der Waals surface area contributed by atoms with Gasteiger partial charge in [0.1, 0.15) is 0 Å². The fraction of sp³-hybridized carbons (Fsp3) is 0.333. The van der Waals surface area contributed by atoms with Crippen LogP contribution in [-0.2, 0) is 9.53 Å². The van der Waals surface area contributed by atoms with Crippen molar-refractivity contribution in [2.24, 2.45) is 5.73 Å². The SMILES string of the molecule is COC(=O)c1cc(OC)c(O)c(C(N)CC(=O)O)c1. The molecule has 0 aliphatic carbocycles. The fourth-order valence-electron chi connectivity index (χ4n) is 1.60. The van der Waals surface area contributed by atoms with E-state index in [1.54, 1.807) is 0 Å². The Labute approximate surface area is 109 Å². The first-order chi connectivity index (χ1) is 8.90. The summed E-state index contributed by atoms with van der Waals surface area (Å²) in [6, 6.07) is 1.62. The Morgan fingerprint density at radius 1 is 1.37 bits per heavy atom. The number of carbonyl (C=O) groups is 2. The average molecular weight is 269 g/mol. The minimum Gasteiger partial charge on any atom is -0.504 e. The van der Waals surface area contributed by atoms with Gasteiger partial charge < -0.3 is 25.4 Å². The number of carboxylic acid groups (broad SMARTS) is 1. The zero-order valence-corrected chi connectivity index (χ0v) is 10.5. The summed E-state index contributed by atoms with van der Waals surface area (Å²) in [4.78, 5) is 22.1. The third kappa shape index (κ3) is 3.35. The van der Waals surface area contributed by atoms with Crippen LogP contribution in [0.1, 0.15) is 28.4 Å². The molecule has 1 aromatic rings. The second-order valence-corrected chi connectivity index (χ2v) is 3.81. The molecule has 0 saturated heterocycles. The number of aromatic hydroxyl groups is 1. The number of hydrogen-bond acceptors (Lipinski definition) is 6. The lowest BCUT2D eigenvalue weighted by Crippen LogP contribution is -2.16. The van der Waals surface area contributed by atoms with Gasteiger partial charge in [0.25, 0.3) is 0 Å². The summed E-state index contributed by atoms with van der Waals surface area (Å²) < 4.78 is 9.47. The summed E-state index contributed by atoms with van der Waals surface area (Å²) in [7, 11) is 2.52. The van der Waals surface area contributed by atoms with Crippen LogP contribution >= 0.6 is 0 Å². The molecule has 1 atom stereocenters. The second kappa shape index (κ2) is 6.05. The molecule has 0 radical (unpaired) electrons. The lowest BCUT2D eigenvalue weighted by Gasteiger charge is -2.15. The van der Waals surface area contributed by atoms with E-state index >= 15 is 0 Å². The van der Waals surface area contributed by atoms with Crippen molar-refractivity contribution in [1.29, 1.82) is 0 Å². The Bertz CT molecular complexity index is 499. The summed E-state index contributed by atoms with van der Waals surface area (Å²) in [6.45, 7) is 0. The van der Waals surface area contributed by atoms with Crippen LogP contribution in [-0.4, -0.2) is 36.4 Å². The van der Waals surface area contributed by atoms with Crippen LogP contribution < -0.4 is 10.5 Å². The normalized spacial score (nSPS) is 11.7. The molecule has 1 aromatic carbocycles. The predicted octanol–water partition coefficient (Wildman–Crippen LogP) is 0.662. The first-order valence-electron chi connectivity index (χ1n) is 5.37. The molecule has 7 heteroatoms. The zero-order valence-electron chi connectivity index (χ0n) is 10.5. The number of phenolic OH excluding ortho intramolecular Hbond substituents is 1. The molecule has 0 heterocycles. The second-order valence-electron chi connectivity index (χ2n) is 3.81. The Kier molecular flexibility index (Phi) is 4.71. The molecule has 0 aliphatic heterocycles. The van der Waals surface area contributed by atoms with Gasteiger partial charge in [-0.25, -0.2) is 4.79 Å². The van der Waals surface area contributed by atoms with Crippen LogP contribution in [0.5, 0.6) is 11.5 Å². The van der Waals surface area contributed by atoms with E-state index in [1.807, 2.05) is 0 Å². The Hall–Kier alpha value is -2.28. The smallest absolute Gasteiger partial charge is 0.337 e. The number of rotatable bonds is 5. The molecular formula is C12H15NO6. The van der Waals surface area contributed by atoms with E-state index in [0.29, 0.717) is 0 Å². The fourth-order valence-corrected chi connectivity index (χ4v) is 1.60. The highest BCUT2D eigenvalue weighted by molar-refractivity contribution is 5.90. The number of carboxylic acids is 1. The number of aliphatic carboxylic acids is 1. The highest BCUT2D eigenvalue weighted by atomic mass is 16.5. The van der Waals surface area contributed by atoms with Gasteiger partial charge in [0.15, 0.2) is 11.5 Å². The van der Waals surface area contributed by atoms with Gasteiger partial charge in [0.2, 0.25) is 0 Å². The van der Waals surface area contributed by atoms with Crippen LogP contribution in [0, 0.1) is 0 Å². The van der Waals surface area contributed by atoms with Crippen molar-refractivity contribution >= 4 is 11.9 Å². The van der Waals surface area contributed by atoms with Gasteiger partial charge in [0.05, 0.1) is 26.2 Å². The highest BCUT2D eigenvalue weighted by Gasteiger charge is 2.21. The number of methoxy groups -OCH3 is 2. The van der Waals surface area contributed by atoms with E-state index in [1.165, 1.54) is 26.4 Å². The molecule has 0 amide bonds. The number of nitrogens with two attached hydrogens (primary N) is 1. The van der Waals surface area contributed by atoms with E-state index in [4.69, 9.17) is 15.6 Å². The Morgan fingerprint density at radius 3 is 2.47 bits per heavy atom. The van der Waals surface area contributed by atoms with Gasteiger partial charge in [-0.3, -0.25) is 4.79 Å². The maximum atomic E-state index is 11.5. The number of ether oxygens (including phenoxy) is 2. The number of phenols is 1. The minimum atomic E-state index is -1.12. The molecule has 1 unspecified atom stereocenters. The quantitative estimate of drug-likeness (QED) is 0.672. The monoisotopic (exact) mass is 269 g/mol. The summed E-state index contributed by atoms with van der Waals surface area (Å²) in [6.07, 6.45) is -0.388. The van der Waals surface area contributed by atoms with Gasteiger partial charge in [-0.15, -0.1) is 0 Å². The van der Waals surface area contributed by atoms with E-state index < -0.39 is 18.0 Å². The molecule has 0 saturated carbocycles. The molecule has 1 rings (SSSR count). The third-order valence-electron chi connectivity index (χ3n) is 2.54. The third-order valence-corrected chi connectivity index (χ3v) is 2.54. The van der Waals surface area contributed by atoms with Crippen LogP contribution in [0.3, 0.4) is 0 Å². The number of carbonyl (C=O) groups excluding carboxylic acids is 1. The predicted molar refractivity (Wildman–Crippen MR) is 65.2 cm³/mol. The summed E-state index contributed by atoms with van der Waals surface area (Å²) in [5, 5.41) is 18.6. The van der Waals surface area contributed by atoms with Crippen molar-refractivity contribution in [1.82, 2.24) is 0 Å². The van der Waals surface area contributed by atoms with Gasteiger partial charge >= 0.3 is 11.9 Å². The molecule has 7 nitrogen and oxygen atoms in total. The Balaban J connectivity index is 3.28. The number of hydrogen-bond donors (Lipinski definition) is 3. The highest BCUT2D eigenvalue weighted by Crippen LogP contribution is 2.35. The molecule has 0 bridgehead atoms. The van der Waals surface area contributed by atoms with Crippen LogP contribution in [0.4, 0.5) is 0 Å². The van der Waals surface area contributed by atoms with Crippen molar-refractivity contribution in [3.63, 3.8) is 0 Å². The maximum Gasteiger partial charge on any atom is 0.337 e. The van der Waals surface area contributed by atoms with Gasteiger partial charge in [-0.1, -0.05) is 0 Å². The molecule has 0 spiro atoms. The van der Waals surface area contributed by atoms with Gasteiger partial charge in [-0.05, 0) is 12.1 Å². The standard InChI is InChI=1S/C12H15NO6/c1-18-9-4-6(12(17)19-2)3-7(11(9)16)8(13)5-10(14)15/h3-4,8,16H,5,13H2,1-2H3,(H,14,15). The van der Waals surface area contributed by atoms with Crippen LogP contribution in [0.2, 0.25) is 0 Å². The van der Waals surface area contributed by atoms with E-state index in [-0.39, 0.29) is 29.0 Å². The number of esters is 1. The summed E-state index contributed by atoms with van der Waals surface area (Å²) >= 11 is 0. The molecule has 4 N–H and O–H groups in total. The Morgan fingerprint density at radius 2 is 2.00 bits per heavy atom. The maximum absolute atomic E-state index is 11.5. The van der Waals surface area contributed by atoms with Crippen LogP contribution in [0.25, 0.3) is 0 Å². The van der Waals surface area contributed by atoms with E-state index in [2.05, 4.69) is 4.74 Å². The van der Waals surface area contributed by atoms with E-state index in [0.717, 1.165) is 0 Å². The van der Waals surface area contributed by atoms with Gasteiger partial charge in [-0.2, -0.15) is 0 Å². The lowest BCUT2D eigenvalue weighted by atomic mass is 10.00. The first-order valence-corrected chi connectivity index (χ1v) is 5.37. The van der Waals surface area contributed by atoms with Crippen LogP contribution in [0.15, 0.2) is 12.1 Å². The van der Waals surface area contributed by atoms with E-state index in [9.17, 15) is 14.7 Å². The molecule has 19 heavy (non-hydrogen) atoms. The molecule has 0 aromatic heterocycles. The first kappa shape index (κ1) is 14.8. The lowest BCUT2D eigenvalue weighted by molar-refractivity contribution is -0.137. The van der Waals surface area contributed by atoms with Crippen molar-refractivity contribution in [3.8, 4) is 11.5 Å². The van der Waals surface area contributed by atoms with Crippen molar-refractivity contribution < 1.29 is 29.3 Å². The molecule has 0 fully saturated rings. The number of benzene rings is 1. The molecule has 0 aliphatic rings. The molecule has 104 valence electrons. The largest absolute Gasteiger partial charge is 0.504 e. The van der Waals surface area contributed by atoms with Crippen molar-refractivity contribution in [3.05, 3.63) is 23.3 Å². The minimum absolute atomic E-state index is 0.0266. The summed E-state index contributed by atoms with van der Waals surface area (Å²) in [5.41, 5.74) is 5.91. The van der Waals surface area contributed by atoms with Crippen molar-refractivity contribution in [2.75, 3.05) is 14.2 Å². The van der Waals surface area contributed by atoms with Gasteiger partial charge in [0, 0.05) is 11.6 Å². The topological polar surface area (TPSA) is 119 Å². The molecular weight excluding hydrogens is 254 g/mol.